The Morgan fingerprint density at radius 3 is 2.65 bits per heavy atom. The van der Waals surface area contributed by atoms with Crippen molar-refractivity contribution in [1.82, 2.24) is 4.90 Å². The van der Waals surface area contributed by atoms with Crippen LogP contribution in [0.3, 0.4) is 0 Å². The molecule has 17 heavy (non-hydrogen) atoms. The monoisotopic (exact) mass is 253 g/mol. The summed E-state index contributed by atoms with van der Waals surface area (Å²) in [6.07, 6.45) is 3.74. The van der Waals surface area contributed by atoms with Crippen molar-refractivity contribution >= 4 is 16.8 Å². The van der Waals surface area contributed by atoms with Gasteiger partial charge in [-0.2, -0.15) is 0 Å². The molecule has 92 valence electrons. The summed E-state index contributed by atoms with van der Waals surface area (Å²) in [6, 6.07) is 7.08. The largest absolute Gasteiger partial charge is 0.477 e. The zero-order chi connectivity index (χ0) is 12.1. The maximum absolute atomic E-state index is 11.2. The summed E-state index contributed by atoms with van der Waals surface area (Å²) in [5, 5.41) is -0.473. The van der Waals surface area contributed by atoms with Gasteiger partial charge in [-0.3, -0.25) is 9.69 Å². The van der Waals surface area contributed by atoms with Gasteiger partial charge >= 0.3 is 0 Å². The van der Waals surface area contributed by atoms with Crippen molar-refractivity contribution in [2.75, 3.05) is 19.8 Å². The van der Waals surface area contributed by atoms with Crippen molar-refractivity contribution in [3.05, 3.63) is 29.8 Å². The molecule has 0 aromatic heterocycles. The highest BCUT2D eigenvalue weighted by atomic mass is 35.5. The number of hydrogen-bond acceptors (Lipinski definition) is 3. The summed E-state index contributed by atoms with van der Waals surface area (Å²) >= 11 is 5.50. The van der Waals surface area contributed by atoms with E-state index in [-0.39, 0.29) is 0 Å². The van der Waals surface area contributed by atoms with Gasteiger partial charge < -0.3 is 4.74 Å². The van der Waals surface area contributed by atoms with Gasteiger partial charge in [0.25, 0.3) is 5.24 Å². The topological polar surface area (TPSA) is 29.5 Å². The van der Waals surface area contributed by atoms with E-state index < -0.39 is 5.24 Å². The molecule has 0 amide bonds. The Balaban J connectivity index is 1.96. The number of carbonyl (C=O) groups is 1. The lowest BCUT2D eigenvalue weighted by atomic mass is 10.1. The normalized spacial score (nSPS) is 16.8. The van der Waals surface area contributed by atoms with Crippen molar-refractivity contribution in [2.45, 2.75) is 19.3 Å². The first kappa shape index (κ1) is 12.4. The Morgan fingerprint density at radius 1 is 1.24 bits per heavy atom. The molecule has 1 fully saturated rings. The van der Waals surface area contributed by atoms with Gasteiger partial charge in [0.05, 0.1) is 5.56 Å². The highest BCUT2D eigenvalue weighted by molar-refractivity contribution is 6.68. The fourth-order valence-corrected chi connectivity index (χ4v) is 2.16. The molecule has 1 aliphatic rings. The smallest absolute Gasteiger partial charge is 0.256 e. The van der Waals surface area contributed by atoms with E-state index >= 15 is 0 Å². The molecule has 1 heterocycles. The van der Waals surface area contributed by atoms with Crippen LogP contribution in [-0.2, 0) is 0 Å². The van der Waals surface area contributed by atoms with E-state index in [1.807, 2.05) is 6.07 Å². The molecule has 1 aromatic carbocycles. The van der Waals surface area contributed by atoms with Gasteiger partial charge in [-0.05, 0) is 36.6 Å². The lowest BCUT2D eigenvalue weighted by Crippen LogP contribution is -2.33. The molecule has 0 N–H and O–H groups in total. The molecule has 0 atom stereocenters. The average Bonchev–Trinajstić information content (AvgIpc) is 2.38. The van der Waals surface area contributed by atoms with E-state index in [2.05, 4.69) is 4.90 Å². The van der Waals surface area contributed by atoms with Gasteiger partial charge in [-0.25, -0.2) is 0 Å². The molecule has 2 rings (SSSR count). The molecule has 1 saturated heterocycles. The first-order valence-corrected chi connectivity index (χ1v) is 6.29. The van der Waals surface area contributed by atoms with Gasteiger partial charge in [0, 0.05) is 13.1 Å². The fraction of sp³-hybridized carbons (Fsp3) is 0.462. The van der Waals surface area contributed by atoms with Crippen molar-refractivity contribution in [3.63, 3.8) is 0 Å². The number of piperidine rings is 1. The second-order valence-electron chi connectivity index (χ2n) is 4.22. The molecule has 0 radical (unpaired) electrons. The van der Waals surface area contributed by atoms with Crippen LogP contribution >= 0.6 is 11.6 Å². The molecule has 0 bridgehead atoms. The van der Waals surface area contributed by atoms with Gasteiger partial charge in [0.1, 0.15) is 12.5 Å². The van der Waals surface area contributed by atoms with Crippen LogP contribution in [0.4, 0.5) is 0 Å². The first-order chi connectivity index (χ1) is 8.27. The molecular formula is C13H16ClNO2. The van der Waals surface area contributed by atoms with Crippen molar-refractivity contribution < 1.29 is 9.53 Å². The Hall–Kier alpha value is -1.06. The molecule has 0 aliphatic carbocycles. The molecule has 1 aromatic rings. The molecule has 4 heteroatoms. The van der Waals surface area contributed by atoms with Crippen LogP contribution in [0.25, 0.3) is 0 Å². The van der Waals surface area contributed by atoms with Crippen LogP contribution in [0, 0.1) is 0 Å². The Morgan fingerprint density at radius 2 is 1.94 bits per heavy atom. The molecule has 1 aliphatic heterocycles. The van der Waals surface area contributed by atoms with E-state index in [0.29, 0.717) is 18.0 Å². The predicted molar refractivity (Wildman–Crippen MR) is 67.5 cm³/mol. The van der Waals surface area contributed by atoms with E-state index in [1.54, 1.807) is 18.2 Å². The zero-order valence-corrected chi connectivity index (χ0v) is 10.4. The maximum atomic E-state index is 11.2. The number of likely N-dealkylation sites (tertiary alicyclic amines) is 1. The third kappa shape index (κ3) is 3.45. The van der Waals surface area contributed by atoms with Gasteiger partial charge in [-0.1, -0.05) is 18.6 Å². The molecule has 0 spiro atoms. The van der Waals surface area contributed by atoms with Gasteiger partial charge in [0.15, 0.2) is 0 Å². The zero-order valence-electron chi connectivity index (χ0n) is 9.69. The number of para-hydroxylation sites is 1. The number of ether oxygens (including phenoxy) is 1. The number of rotatable bonds is 4. The van der Waals surface area contributed by atoms with Crippen LogP contribution in [0.5, 0.6) is 5.75 Å². The molecule has 0 saturated carbocycles. The minimum absolute atomic E-state index is 0.436. The van der Waals surface area contributed by atoms with E-state index in [0.717, 1.165) is 13.1 Å². The van der Waals surface area contributed by atoms with Crippen LogP contribution in [0.1, 0.15) is 29.6 Å². The highest BCUT2D eigenvalue weighted by Crippen LogP contribution is 2.20. The average molecular weight is 254 g/mol. The predicted octanol–water partition coefficient (Wildman–Crippen LogP) is 2.89. The van der Waals surface area contributed by atoms with Crippen molar-refractivity contribution in [1.29, 1.82) is 0 Å². The second-order valence-corrected chi connectivity index (χ2v) is 4.57. The van der Waals surface area contributed by atoms with Crippen LogP contribution < -0.4 is 4.74 Å². The lowest BCUT2D eigenvalue weighted by Gasteiger charge is -2.26. The summed E-state index contributed by atoms with van der Waals surface area (Å²) in [5.74, 6) is 0.568. The SMILES string of the molecule is O=C(Cl)c1ccccc1OCN1CCCCC1. The standard InChI is InChI=1S/C13H16ClNO2/c14-13(16)11-6-2-3-7-12(11)17-10-15-8-4-1-5-9-15/h2-3,6-7H,1,4-5,8-10H2. The summed E-state index contributed by atoms with van der Waals surface area (Å²) in [4.78, 5) is 13.4. The minimum atomic E-state index is -0.473. The molecule has 3 nitrogen and oxygen atoms in total. The maximum Gasteiger partial charge on any atom is 0.256 e. The fourth-order valence-electron chi connectivity index (χ4n) is 2.00. The van der Waals surface area contributed by atoms with E-state index in [1.165, 1.54) is 19.3 Å². The lowest BCUT2D eigenvalue weighted by molar-refractivity contribution is 0.101. The Bertz CT molecular complexity index is 389. The van der Waals surface area contributed by atoms with Crippen LogP contribution in [0.2, 0.25) is 0 Å². The van der Waals surface area contributed by atoms with Crippen molar-refractivity contribution in [2.24, 2.45) is 0 Å². The molecular weight excluding hydrogens is 238 g/mol. The number of hydrogen-bond donors (Lipinski definition) is 0. The quantitative estimate of drug-likeness (QED) is 0.773. The number of halogens is 1. The van der Waals surface area contributed by atoms with Crippen molar-refractivity contribution in [3.8, 4) is 5.75 Å². The molecule has 0 unspecified atom stereocenters. The minimum Gasteiger partial charge on any atom is -0.477 e. The van der Waals surface area contributed by atoms with Gasteiger partial charge in [-0.15, -0.1) is 0 Å². The highest BCUT2D eigenvalue weighted by Gasteiger charge is 2.13. The van der Waals surface area contributed by atoms with E-state index in [9.17, 15) is 4.79 Å². The third-order valence-electron chi connectivity index (χ3n) is 2.95. The Labute approximate surface area is 106 Å². The van der Waals surface area contributed by atoms with E-state index in [4.69, 9.17) is 16.3 Å². The summed E-state index contributed by atoms with van der Waals surface area (Å²) < 4.78 is 5.66. The summed E-state index contributed by atoms with van der Waals surface area (Å²) in [7, 11) is 0. The summed E-state index contributed by atoms with van der Waals surface area (Å²) in [6.45, 7) is 2.66. The third-order valence-corrected chi connectivity index (χ3v) is 3.15. The van der Waals surface area contributed by atoms with Gasteiger partial charge in [0.2, 0.25) is 0 Å². The Kier molecular flexibility index (Phi) is 4.40. The van der Waals surface area contributed by atoms with Crippen LogP contribution in [-0.4, -0.2) is 30.0 Å². The first-order valence-electron chi connectivity index (χ1n) is 5.91. The second kappa shape index (κ2) is 6.03. The van der Waals surface area contributed by atoms with Crippen LogP contribution in [0.15, 0.2) is 24.3 Å². The number of carbonyl (C=O) groups excluding carboxylic acids is 1. The number of benzene rings is 1. The number of nitrogens with zero attached hydrogens (tertiary/aromatic N) is 1. The summed E-state index contributed by atoms with van der Waals surface area (Å²) in [5.41, 5.74) is 0.436.